The highest BCUT2D eigenvalue weighted by Crippen LogP contribution is 2.45. The molecule has 5 atom stereocenters. The number of carbonyl (C=O) groups is 1. The summed E-state index contributed by atoms with van der Waals surface area (Å²) in [4.78, 5) is 11.8. The van der Waals surface area contributed by atoms with E-state index in [1.165, 1.54) is 24.3 Å². The highest BCUT2D eigenvalue weighted by Gasteiger charge is 2.46. The minimum atomic E-state index is -4.97. The average molecular weight is 505 g/mol. The molecule has 1 amide bonds. The van der Waals surface area contributed by atoms with Gasteiger partial charge in [-0.2, -0.15) is 26.3 Å². The minimum absolute atomic E-state index is 0.0600. The monoisotopic (exact) mass is 505 g/mol. The van der Waals surface area contributed by atoms with Gasteiger partial charge < -0.3 is 15.2 Å². The van der Waals surface area contributed by atoms with E-state index < -0.39 is 66.0 Å². The fraction of sp³-hybridized carbons (Fsp3) is 0.458. The number of carbonyl (C=O) groups excluding carboxylic acids is 1. The summed E-state index contributed by atoms with van der Waals surface area (Å²) in [6.07, 6.45) is -10.6. The molecule has 190 valence electrons. The van der Waals surface area contributed by atoms with Crippen LogP contribution in [0.2, 0.25) is 0 Å². The van der Waals surface area contributed by atoms with Crippen LogP contribution >= 0.6 is 0 Å². The van der Waals surface area contributed by atoms with Crippen LogP contribution in [0, 0.1) is 11.7 Å². The van der Waals surface area contributed by atoms with Crippen LogP contribution in [0.5, 0.6) is 0 Å². The molecule has 4 rings (SSSR count). The maximum atomic E-state index is 13.5. The summed E-state index contributed by atoms with van der Waals surface area (Å²) in [5.74, 6) is -1.63. The van der Waals surface area contributed by atoms with Gasteiger partial charge >= 0.3 is 12.4 Å². The van der Waals surface area contributed by atoms with Crippen molar-refractivity contribution < 1.29 is 45.4 Å². The van der Waals surface area contributed by atoms with E-state index in [0.717, 1.165) is 0 Å². The van der Waals surface area contributed by atoms with Gasteiger partial charge in [-0.05, 0) is 60.2 Å². The molecule has 2 N–H and O–H groups in total. The van der Waals surface area contributed by atoms with Crippen LogP contribution in [-0.4, -0.2) is 29.3 Å². The fourth-order valence-corrected chi connectivity index (χ4v) is 5.05. The molecule has 4 nitrogen and oxygen atoms in total. The Hall–Kier alpha value is -2.66. The molecule has 0 bridgehead atoms. The molecule has 2 fully saturated rings. The first-order valence-corrected chi connectivity index (χ1v) is 11.0. The lowest BCUT2D eigenvalue weighted by Crippen LogP contribution is -2.36. The normalized spacial score (nSPS) is 27.3. The third kappa shape index (κ3) is 5.61. The molecular formula is C24H22F7NO3. The number of aliphatic hydroxyl groups excluding tert-OH is 1. The largest absolute Gasteiger partial charge is 0.416 e. The van der Waals surface area contributed by atoms with Crippen LogP contribution < -0.4 is 5.32 Å². The lowest BCUT2D eigenvalue weighted by Gasteiger charge is -2.29. The molecular weight excluding hydrogens is 483 g/mol. The summed E-state index contributed by atoms with van der Waals surface area (Å²) in [5.41, 5.74) is -2.46. The molecule has 0 spiro atoms. The van der Waals surface area contributed by atoms with E-state index in [2.05, 4.69) is 5.32 Å². The van der Waals surface area contributed by atoms with Gasteiger partial charge in [-0.25, -0.2) is 4.39 Å². The highest BCUT2D eigenvalue weighted by molar-refractivity contribution is 5.83. The van der Waals surface area contributed by atoms with Crippen molar-refractivity contribution in [1.82, 2.24) is 5.32 Å². The number of alkyl halides is 6. The van der Waals surface area contributed by atoms with Crippen molar-refractivity contribution in [2.75, 3.05) is 0 Å². The van der Waals surface area contributed by atoms with Crippen LogP contribution in [0.1, 0.15) is 47.4 Å². The number of benzene rings is 2. The van der Waals surface area contributed by atoms with Gasteiger partial charge in [0, 0.05) is 18.4 Å². The van der Waals surface area contributed by atoms with Crippen LogP contribution in [0.25, 0.3) is 0 Å². The van der Waals surface area contributed by atoms with Gasteiger partial charge in [-0.1, -0.05) is 12.1 Å². The van der Waals surface area contributed by atoms with E-state index in [-0.39, 0.29) is 24.0 Å². The smallest absolute Gasteiger partial charge is 0.383 e. The van der Waals surface area contributed by atoms with Crippen molar-refractivity contribution in [3.8, 4) is 0 Å². The Morgan fingerprint density at radius 2 is 1.54 bits per heavy atom. The number of hydrogen-bond acceptors (Lipinski definition) is 3. The first-order valence-electron chi connectivity index (χ1n) is 11.0. The van der Waals surface area contributed by atoms with Gasteiger partial charge in [-0.3, -0.25) is 4.79 Å². The third-order valence-electron chi connectivity index (χ3n) is 6.64. The van der Waals surface area contributed by atoms with Crippen molar-refractivity contribution >= 4 is 5.91 Å². The Morgan fingerprint density at radius 3 is 2.06 bits per heavy atom. The third-order valence-corrected chi connectivity index (χ3v) is 6.64. The zero-order valence-corrected chi connectivity index (χ0v) is 18.2. The quantitative estimate of drug-likeness (QED) is 0.550. The predicted octanol–water partition coefficient (Wildman–Crippen LogP) is 5.19. The fourth-order valence-electron chi connectivity index (χ4n) is 5.05. The molecule has 11 heteroatoms. The minimum Gasteiger partial charge on any atom is -0.383 e. The van der Waals surface area contributed by atoms with Gasteiger partial charge in [0.15, 0.2) is 0 Å². The van der Waals surface area contributed by atoms with E-state index >= 15 is 0 Å². The Labute approximate surface area is 196 Å². The summed E-state index contributed by atoms with van der Waals surface area (Å²) in [6.45, 7) is -0.498. The Morgan fingerprint density at radius 1 is 0.943 bits per heavy atom. The topological polar surface area (TPSA) is 58.6 Å². The molecule has 0 radical (unpaired) electrons. The Balaban J connectivity index is 1.59. The molecule has 2 aliphatic rings. The maximum Gasteiger partial charge on any atom is 0.416 e. The van der Waals surface area contributed by atoms with Crippen LogP contribution in [0.4, 0.5) is 30.7 Å². The van der Waals surface area contributed by atoms with Crippen molar-refractivity contribution in [3.63, 3.8) is 0 Å². The van der Waals surface area contributed by atoms with E-state index in [1.54, 1.807) is 0 Å². The van der Waals surface area contributed by atoms with E-state index in [1.807, 2.05) is 0 Å². The number of hydrogen-bond donors (Lipinski definition) is 2. The van der Waals surface area contributed by atoms with E-state index in [4.69, 9.17) is 4.74 Å². The second kappa shape index (κ2) is 9.42. The maximum absolute atomic E-state index is 13.5. The van der Waals surface area contributed by atoms with Crippen molar-refractivity contribution in [2.45, 2.75) is 62.4 Å². The number of ether oxygens (including phenoxy) is 1. The number of nitrogens with one attached hydrogen (secondary N) is 1. The molecule has 1 aliphatic heterocycles. The number of amides is 1. The Kier molecular flexibility index (Phi) is 6.85. The molecule has 1 heterocycles. The molecule has 2 aromatic carbocycles. The van der Waals surface area contributed by atoms with E-state index in [0.29, 0.717) is 30.5 Å². The molecule has 1 saturated heterocycles. The second-order valence-corrected chi connectivity index (χ2v) is 8.95. The van der Waals surface area contributed by atoms with Gasteiger partial charge in [0.1, 0.15) is 11.9 Å². The van der Waals surface area contributed by atoms with Gasteiger partial charge in [-0.15, -0.1) is 0 Å². The van der Waals surface area contributed by atoms with Crippen LogP contribution in [-0.2, 0) is 28.5 Å². The lowest BCUT2D eigenvalue weighted by molar-refractivity contribution is -0.143. The van der Waals surface area contributed by atoms with Gasteiger partial charge in [0.2, 0.25) is 5.91 Å². The highest BCUT2D eigenvalue weighted by atomic mass is 19.4. The van der Waals surface area contributed by atoms with Crippen molar-refractivity contribution in [1.29, 1.82) is 0 Å². The van der Waals surface area contributed by atoms with Crippen molar-refractivity contribution in [2.24, 2.45) is 5.92 Å². The summed E-state index contributed by atoms with van der Waals surface area (Å²) >= 11 is 0. The first-order chi connectivity index (χ1) is 16.3. The Bertz CT molecular complexity index is 1040. The molecule has 1 unspecified atom stereocenters. The SMILES string of the molecule is O=C1NC([C@@H]2CC[C@H](OCc3cc(C(F)(F)F)cc(C(F)(F)F)c3)[C@H]2c2ccc(F)cc2)C[C@H]1O. The summed E-state index contributed by atoms with van der Waals surface area (Å²) in [6, 6.07) is 6.47. The number of halogens is 7. The van der Waals surface area contributed by atoms with Crippen LogP contribution in [0.15, 0.2) is 42.5 Å². The zero-order valence-electron chi connectivity index (χ0n) is 18.2. The predicted molar refractivity (Wildman–Crippen MR) is 109 cm³/mol. The number of aliphatic hydroxyl groups is 1. The summed E-state index contributed by atoms with van der Waals surface area (Å²) < 4.78 is 98.5. The lowest BCUT2D eigenvalue weighted by atomic mass is 9.82. The standard InChI is InChI=1S/C24H22F7NO3/c25-16-3-1-13(2-4-16)21-17(18-10-19(33)22(34)32-18)5-6-20(21)35-11-12-7-14(23(26,27)28)9-15(8-12)24(29,30)31/h1-4,7-9,17-21,33H,5-6,10-11H2,(H,32,34)/t17-,18?,19+,20-,21-/m0/s1. The van der Waals surface area contributed by atoms with Gasteiger partial charge in [0.25, 0.3) is 0 Å². The number of rotatable bonds is 5. The van der Waals surface area contributed by atoms with Gasteiger partial charge in [0.05, 0.1) is 23.8 Å². The second-order valence-electron chi connectivity index (χ2n) is 8.95. The average Bonchev–Trinajstić information content (AvgIpc) is 3.34. The molecule has 0 aromatic heterocycles. The molecule has 35 heavy (non-hydrogen) atoms. The molecule has 1 aliphatic carbocycles. The molecule has 2 aromatic rings. The zero-order chi connectivity index (χ0) is 25.5. The molecule has 1 saturated carbocycles. The van der Waals surface area contributed by atoms with E-state index in [9.17, 15) is 40.6 Å². The summed E-state index contributed by atoms with van der Waals surface area (Å²) in [5, 5.41) is 12.6. The first kappa shape index (κ1) is 25.4. The van der Waals surface area contributed by atoms with Crippen molar-refractivity contribution in [3.05, 3.63) is 70.5 Å². The van der Waals surface area contributed by atoms with Crippen LogP contribution in [0.3, 0.4) is 0 Å². The summed E-state index contributed by atoms with van der Waals surface area (Å²) in [7, 11) is 0.